The van der Waals surface area contributed by atoms with Crippen LogP contribution >= 0.6 is 46.4 Å². The van der Waals surface area contributed by atoms with Crippen molar-refractivity contribution in [1.82, 2.24) is 9.78 Å². The lowest BCUT2D eigenvalue weighted by Crippen LogP contribution is -2.34. The molecule has 1 heterocycles. The van der Waals surface area contributed by atoms with Gasteiger partial charge in [-0.2, -0.15) is 5.10 Å². The first-order chi connectivity index (χ1) is 19.3. The lowest BCUT2D eigenvalue weighted by atomic mass is 10.2. The number of phenols is 1. The summed E-state index contributed by atoms with van der Waals surface area (Å²) in [6.07, 6.45) is 1.23. The van der Waals surface area contributed by atoms with E-state index in [0.29, 0.717) is 10.7 Å². The molecule has 1 aromatic heterocycles. The zero-order valence-corrected chi connectivity index (χ0v) is 25.3. The van der Waals surface area contributed by atoms with Crippen LogP contribution in [0.2, 0.25) is 20.2 Å². The van der Waals surface area contributed by atoms with E-state index in [-0.39, 0.29) is 43.5 Å². The molecule has 0 radical (unpaired) electrons. The molecular weight excluding hydrogens is 634 g/mol. The Labute approximate surface area is 255 Å². The van der Waals surface area contributed by atoms with Gasteiger partial charge in [-0.15, -0.1) is 0 Å². The van der Waals surface area contributed by atoms with Gasteiger partial charge in [-0.3, -0.25) is 9.59 Å². The van der Waals surface area contributed by atoms with Crippen molar-refractivity contribution in [2.24, 2.45) is 0 Å². The molecule has 14 heteroatoms. The van der Waals surface area contributed by atoms with Gasteiger partial charge in [-0.1, -0.05) is 71.0 Å². The molecule has 0 saturated carbocycles. The van der Waals surface area contributed by atoms with E-state index >= 15 is 0 Å². The highest BCUT2D eigenvalue weighted by Crippen LogP contribution is 2.35. The number of benzene rings is 3. The highest BCUT2D eigenvalue weighted by Gasteiger charge is 2.33. The summed E-state index contributed by atoms with van der Waals surface area (Å²) < 4.78 is 27.5. The number of nitrogens with one attached hydrogen (secondary N) is 2. The minimum atomic E-state index is -4.00. The molecular formula is C27H22Cl4N4O5S. The Balaban J connectivity index is 1.52. The molecule has 0 saturated heterocycles. The highest BCUT2D eigenvalue weighted by molar-refractivity contribution is 7.92. The Morgan fingerprint density at radius 2 is 1.61 bits per heavy atom. The van der Waals surface area contributed by atoms with E-state index in [0.717, 1.165) is 11.6 Å². The summed E-state index contributed by atoms with van der Waals surface area (Å²) in [5.74, 6) is -1.98. The highest BCUT2D eigenvalue weighted by atomic mass is 35.5. The number of amides is 2. The first-order valence-electron chi connectivity index (χ1n) is 12.0. The number of hydrogen-bond acceptors (Lipinski definition) is 6. The number of carbonyl (C=O) groups is 2. The maximum Gasteiger partial charge on any atom is 0.260 e. The Bertz CT molecular complexity index is 1760. The van der Waals surface area contributed by atoms with E-state index in [9.17, 15) is 23.1 Å². The number of hydrogen-bond donors (Lipinski definition) is 3. The zero-order valence-electron chi connectivity index (χ0n) is 21.5. The van der Waals surface area contributed by atoms with Gasteiger partial charge in [-0.05, 0) is 49.7 Å². The van der Waals surface area contributed by atoms with Crippen LogP contribution in [0.15, 0.2) is 65.7 Å². The van der Waals surface area contributed by atoms with Crippen LogP contribution in [0.5, 0.6) is 5.75 Å². The number of aryl methyl sites for hydroxylation is 1. The first-order valence-corrected chi connectivity index (χ1v) is 15.0. The number of rotatable bonds is 8. The van der Waals surface area contributed by atoms with Gasteiger partial charge in [-0.25, -0.2) is 13.1 Å². The molecule has 0 aliphatic carbocycles. The molecule has 0 aliphatic rings. The summed E-state index contributed by atoms with van der Waals surface area (Å²) >= 11 is 24.7. The number of halogens is 4. The molecule has 1 atom stereocenters. The Kier molecular flexibility index (Phi) is 9.20. The standard InChI is InChI=1S/C27H22Cl4N4O5S/c1-3-24(41(39,40)16-7-4-14(2)5-8-16)27(38)33-21-12-23(36)22(11-20(21)30)34-26(37)17-13-32-35(25(17)31)15-6-9-18(28)19(29)10-15/h4-13,24,36H,3H2,1-2H3,(H,33,38)(H,34,37). The molecule has 3 aromatic carbocycles. The second-order valence-electron chi connectivity index (χ2n) is 8.91. The number of phenolic OH excluding ortho intramolecular Hbond substituents is 1. The molecule has 9 nitrogen and oxygen atoms in total. The SMILES string of the molecule is CCC(C(=O)Nc1cc(O)c(NC(=O)c2cnn(-c3ccc(Cl)c(Cl)c3)c2Cl)cc1Cl)S(=O)(=O)c1ccc(C)cc1. The fraction of sp³-hybridized carbons (Fsp3) is 0.148. The van der Waals surface area contributed by atoms with Gasteiger partial charge in [0.05, 0.1) is 48.8 Å². The summed E-state index contributed by atoms with van der Waals surface area (Å²) in [5.41, 5.74) is 1.19. The number of anilines is 2. The fourth-order valence-electron chi connectivity index (χ4n) is 3.88. The number of aromatic nitrogens is 2. The number of nitrogens with zero attached hydrogens (tertiary/aromatic N) is 2. The number of sulfone groups is 1. The third-order valence-electron chi connectivity index (χ3n) is 6.08. The van der Waals surface area contributed by atoms with Crippen molar-refractivity contribution in [3.63, 3.8) is 0 Å². The van der Waals surface area contributed by atoms with Crippen molar-refractivity contribution >= 4 is 79.4 Å². The van der Waals surface area contributed by atoms with Crippen LogP contribution in [0.1, 0.15) is 29.3 Å². The minimum absolute atomic E-state index is 0.00352. The van der Waals surface area contributed by atoms with Crippen LogP contribution in [-0.4, -0.2) is 40.4 Å². The van der Waals surface area contributed by atoms with Crippen LogP contribution in [-0.2, 0) is 14.6 Å². The van der Waals surface area contributed by atoms with Crippen LogP contribution < -0.4 is 10.6 Å². The van der Waals surface area contributed by atoms with Crippen molar-refractivity contribution in [2.75, 3.05) is 10.6 Å². The Hall–Kier alpha value is -3.28. The van der Waals surface area contributed by atoms with E-state index in [2.05, 4.69) is 15.7 Å². The number of aromatic hydroxyl groups is 1. The molecule has 41 heavy (non-hydrogen) atoms. The maximum absolute atomic E-state index is 13.1. The van der Waals surface area contributed by atoms with Crippen molar-refractivity contribution in [3.8, 4) is 11.4 Å². The molecule has 0 spiro atoms. The predicted molar refractivity (Wildman–Crippen MR) is 161 cm³/mol. The predicted octanol–water partition coefficient (Wildman–Crippen LogP) is 6.94. The van der Waals surface area contributed by atoms with Gasteiger partial charge < -0.3 is 15.7 Å². The van der Waals surface area contributed by atoms with Gasteiger partial charge >= 0.3 is 0 Å². The maximum atomic E-state index is 13.1. The fourth-order valence-corrected chi connectivity index (χ4v) is 6.28. The monoisotopic (exact) mass is 654 g/mol. The topological polar surface area (TPSA) is 130 Å². The summed E-state index contributed by atoms with van der Waals surface area (Å²) in [6, 6.07) is 13.2. The normalized spacial score (nSPS) is 12.1. The van der Waals surface area contributed by atoms with Crippen molar-refractivity contribution in [2.45, 2.75) is 30.4 Å². The number of carbonyl (C=O) groups excluding carboxylic acids is 2. The minimum Gasteiger partial charge on any atom is -0.506 e. The van der Waals surface area contributed by atoms with Gasteiger partial charge in [0, 0.05) is 6.07 Å². The summed E-state index contributed by atoms with van der Waals surface area (Å²) in [6.45, 7) is 3.39. The molecule has 4 rings (SSSR count). The average Bonchev–Trinajstić information content (AvgIpc) is 3.30. The molecule has 0 bridgehead atoms. The van der Waals surface area contributed by atoms with Gasteiger partial charge in [0.1, 0.15) is 16.2 Å². The van der Waals surface area contributed by atoms with E-state index in [4.69, 9.17) is 46.4 Å². The average molecular weight is 656 g/mol. The van der Waals surface area contributed by atoms with E-state index < -0.39 is 32.7 Å². The van der Waals surface area contributed by atoms with Crippen LogP contribution in [0.4, 0.5) is 11.4 Å². The molecule has 4 aromatic rings. The van der Waals surface area contributed by atoms with Crippen LogP contribution in [0, 0.1) is 6.92 Å². The molecule has 214 valence electrons. The zero-order chi connectivity index (χ0) is 30.1. The molecule has 0 fully saturated rings. The summed E-state index contributed by atoms with van der Waals surface area (Å²) in [4.78, 5) is 25.9. The lowest BCUT2D eigenvalue weighted by Gasteiger charge is -2.17. The Morgan fingerprint density at radius 3 is 2.24 bits per heavy atom. The third-order valence-corrected chi connectivity index (χ3v) is 9.72. The van der Waals surface area contributed by atoms with Crippen molar-refractivity contribution in [3.05, 3.63) is 92.1 Å². The second-order valence-corrected chi connectivity index (χ2v) is 12.6. The van der Waals surface area contributed by atoms with Crippen LogP contribution in [0.25, 0.3) is 5.69 Å². The Morgan fingerprint density at radius 1 is 0.927 bits per heavy atom. The van der Waals surface area contributed by atoms with Crippen LogP contribution in [0.3, 0.4) is 0 Å². The van der Waals surface area contributed by atoms with E-state index in [1.807, 2.05) is 6.92 Å². The molecule has 3 N–H and O–H groups in total. The largest absolute Gasteiger partial charge is 0.506 e. The first kappa shape index (κ1) is 30.7. The smallest absolute Gasteiger partial charge is 0.260 e. The molecule has 0 aliphatic heterocycles. The molecule has 2 amide bonds. The van der Waals surface area contributed by atoms with Crippen molar-refractivity contribution < 1.29 is 23.1 Å². The van der Waals surface area contributed by atoms with Gasteiger partial charge in [0.25, 0.3) is 5.91 Å². The molecule has 1 unspecified atom stereocenters. The third kappa shape index (κ3) is 6.47. The lowest BCUT2D eigenvalue weighted by molar-refractivity contribution is -0.115. The summed E-state index contributed by atoms with van der Waals surface area (Å²) in [5, 5.41) is 18.7. The van der Waals surface area contributed by atoms with Crippen molar-refractivity contribution in [1.29, 1.82) is 0 Å². The quantitative estimate of drug-likeness (QED) is 0.176. The second kappa shape index (κ2) is 12.3. The van der Waals surface area contributed by atoms with Gasteiger partial charge in [0.15, 0.2) is 9.84 Å². The van der Waals surface area contributed by atoms with Gasteiger partial charge in [0.2, 0.25) is 5.91 Å². The van der Waals surface area contributed by atoms with E-state index in [1.54, 1.807) is 31.2 Å². The summed E-state index contributed by atoms with van der Waals surface area (Å²) in [7, 11) is -4.00. The van der Waals surface area contributed by atoms with E-state index in [1.165, 1.54) is 35.1 Å².